The highest BCUT2D eigenvalue weighted by molar-refractivity contribution is 5.79. The van der Waals surface area contributed by atoms with Crippen LogP contribution < -0.4 is 5.32 Å². The number of aliphatic carboxylic acids is 1. The third-order valence-electron chi connectivity index (χ3n) is 5.90. The van der Waals surface area contributed by atoms with Crippen molar-refractivity contribution in [3.63, 3.8) is 0 Å². The van der Waals surface area contributed by atoms with Crippen LogP contribution in [0.3, 0.4) is 0 Å². The molecule has 152 valence electrons. The normalized spacial score (nSPS) is 16.8. The van der Waals surface area contributed by atoms with E-state index < -0.39 is 5.97 Å². The molecular weight excluding hydrogens is 368 g/mol. The van der Waals surface area contributed by atoms with Crippen LogP contribution in [0.1, 0.15) is 36.3 Å². The Labute approximate surface area is 170 Å². The lowest BCUT2D eigenvalue weighted by molar-refractivity contribution is -0.137. The Balaban J connectivity index is 1.29. The van der Waals surface area contributed by atoms with Crippen LogP contribution in [0.25, 0.3) is 11.1 Å². The zero-order valence-electron chi connectivity index (χ0n) is 16.3. The van der Waals surface area contributed by atoms with Gasteiger partial charge in [-0.3, -0.25) is 4.79 Å². The van der Waals surface area contributed by atoms with Gasteiger partial charge in [0.15, 0.2) is 0 Å². The highest BCUT2D eigenvalue weighted by atomic mass is 16.5. The molecule has 0 unspecified atom stereocenters. The number of piperidine rings is 1. The smallest absolute Gasteiger partial charge is 0.407 e. The number of likely N-dealkylation sites (tertiary alicyclic amines) is 1. The topological polar surface area (TPSA) is 78.9 Å². The minimum atomic E-state index is -0.774. The predicted molar refractivity (Wildman–Crippen MR) is 110 cm³/mol. The Bertz CT molecular complexity index is 844. The van der Waals surface area contributed by atoms with Gasteiger partial charge in [0.1, 0.15) is 6.61 Å². The Morgan fingerprint density at radius 3 is 2.17 bits per heavy atom. The van der Waals surface area contributed by atoms with Crippen LogP contribution in [-0.4, -0.2) is 54.4 Å². The van der Waals surface area contributed by atoms with E-state index in [-0.39, 0.29) is 24.5 Å². The maximum atomic E-state index is 12.4. The van der Waals surface area contributed by atoms with Crippen molar-refractivity contribution in [2.75, 3.05) is 26.2 Å². The zero-order chi connectivity index (χ0) is 20.2. The lowest BCUT2D eigenvalue weighted by Gasteiger charge is -2.31. The Morgan fingerprint density at radius 2 is 1.59 bits per heavy atom. The molecule has 2 aromatic carbocycles. The highest BCUT2D eigenvalue weighted by Crippen LogP contribution is 2.44. The van der Waals surface area contributed by atoms with Crippen molar-refractivity contribution in [1.82, 2.24) is 10.2 Å². The van der Waals surface area contributed by atoms with Crippen molar-refractivity contribution in [3.05, 3.63) is 59.7 Å². The van der Waals surface area contributed by atoms with Crippen LogP contribution in [0.2, 0.25) is 0 Å². The molecule has 1 aliphatic heterocycles. The molecule has 1 aliphatic carbocycles. The largest absolute Gasteiger partial charge is 0.481 e. The number of fused-ring (bicyclic) bond motifs is 3. The van der Waals surface area contributed by atoms with Crippen molar-refractivity contribution in [3.8, 4) is 11.1 Å². The first-order chi connectivity index (χ1) is 14.1. The number of ether oxygens (including phenoxy) is 1. The Morgan fingerprint density at radius 1 is 1.00 bits per heavy atom. The van der Waals surface area contributed by atoms with Gasteiger partial charge in [0.2, 0.25) is 0 Å². The second-order valence-corrected chi connectivity index (χ2v) is 7.73. The van der Waals surface area contributed by atoms with Crippen molar-refractivity contribution < 1.29 is 19.4 Å². The molecule has 1 fully saturated rings. The molecule has 1 saturated heterocycles. The minimum absolute atomic E-state index is 0.0611. The first kappa shape index (κ1) is 19.5. The van der Waals surface area contributed by atoms with E-state index in [9.17, 15) is 9.59 Å². The number of amides is 1. The molecule has 1 heterocycles. The maximum Gasteiger partial charge on any atom is 0.407 e. The van der Waals surface area contributed by atoms with Crippen LogP contribution in [0.4, 0.5) is 4.79 Å². The van der Waals surface area contributed by atoms with E-state index in [4.69, 9.17) is 9.84 Å². The predicted octanol–water partition coefficient (Wildman–Crippen LogP) is 3.46. The van der Waals surface area contributed by atoms with E-state index in [1.807, 2.05) is 24.3 Å². The number of carbonyl (C=O) groups excluding carboxylic acids is 1. The number of hydrogen-bond acceptors (Lipinski definition) is 4. The molecule has 2 N–H and O–H groups in total. The molecule has 6 heteroatoms. The van der Waals surface area contributed by atoms with Crippen molar-refractivity contribution in [2.45, 2.75) is 31.2 Å². The number of benzene rings is 2. The average molecular weight is 394 g/mol. The molecule has 2 aromatic rings. The molecular formula is C23H26N2O4. The van der Waals surface area contributed by atoms with Crippen LogP contribution in [0, 0.1) is 0 Å². The summed E-state index contributed by atoms with van der Waals surface area (Å²) in [6.07, 6.45) is 1.40. The van der Waals surface area contributed by atoms with Gasteiger partial charge in [0.25, 0.3) is 0 Å². The summed E-state index contributed by atoms with van der Waals surface area (Å²) in [5.74, 6) is -0.713. The zero-order valence-corrected chi connectivity index (χ0v) is 16.3. The quantitative estimate of drug-likeness (QED) is 0.784. The van der Waals surface area contributed by atoms with Gasteiger partial charge in [-0.15, -0.1) is 0 Å². The Kier molecular flexibility index (Phi) is 5.81. The summed E-state index contributed by atoms with van der Waals surface area (Å²) in [5, 5.41) is 11.8. The second kappa shape index (κ2) is 8.66. The summed E-state index contributed by atoms with van der Waals surface area (Å²) in [6.45, 7) is 2.47. The standard InChI is InChI=1S/C23H26N2O4/c26-22(27)11-14-25-12-9-16(10-13-25)24-23(28)29-15-21-19-7-3-1-5-17(19)18-6-2-4-8-20(18)21/h1-8,16,21H,9-15H2,(H,24,28)(H,26,27). The summed E-state index contributed by atoms with van der Waals surface area (Å²) < 4.78 is 5.61. The number of nitrogens with one attached hydrogen (secondary N) is 1. The summed E-state index contributed by atoms with van der Waals surface area (Å²) in [7, 11) is 0. The van der Waals surface area contributed by atoms with Gasteiger partial charge >= 0.3 is 12.1 Å². The lowest BCUT2D eigenvalue weighted by Crippen LogP contribution is -2.45. The van der Waals surface area contributed by atoms with Gasteiger partial charge < -0.3 is 20.1 Å². The molecule has 6 nitrogen and oxygen atoms in total. The van der Waals surface area contributed by atoms with Gasteiger partial charge in [-0.2, -0.15) is 0 Å². The summed E-state index contributed by atoms with van der Waals surface area (Å²) in [5.41, 5.74) is 4.83. The first-order valence-corrected chi connectivity index (χ1v) is 10.2. The summed E-state index contributed by atoms with van der Waals surface area (Å²) in [4.78, 5) is 25.2. The van der Waals surface area contributed by atoms with E-state index in [0.717, 1.165) is 25.9 Å². The van der Waals surface area contributed by atoms with E-state index in [1.54, 1.807) is 0 Å². The van der Waals surface area contributed by atoms with Gasteiger partial charge in [-0.05, 0) is 35.1 Å². The summed E-state index contributed by atoms with van der Waals surface area (Å²) in [6, 6.07) is 16.6. The van der Waals surface area contributed by atoms with Gasteiger partial charge in [0, 0.05) is 31.6 Å². The number of hydrogen-bond donors (Lipinski definition) is 2. The average Bonchev–Trinajstić information content (AvgIpc) is 3.05. The monoisotopic (exact) mass is 394 g/mol. The highest BCUT2D eigenvalue weighted by Gasteiger charge is 2.29. The molecule has 29 heavy (non-hydrogen) atoms. The molecule has 1 amide bonds. The molecule has 0 aromatic heterocycles. The van der Waals surface area contributed by atoms with Crippen molar-refractivity contribution in [2.24, 2.45) is 0 Å². The Hall–Kier alpha value is -2.86. The minimum Gasteiger partial charge on any atom is -0.481 e. The van der Waals surface area contributed by atoms with Gasteiger partial charge in [-0.1, -0.05) is 48.5 Å². The maximum absolute atomic E-state index is 12.4. The number of nitrogens with zero attached hydrogens (tertiary/aromatic N) is 1. The van der Waals surface area contributed by atoms with Crippen LogP contribution in [-0.2, 0) is 9.53 Å². The molecule has 2 aliphatic rings. The van der Waals surface area contributed by atoms with Crippen LogP contribution in [0.5, 0.6) is 0 Å². The number of rotatable bonds is 6. The van der Waals surface area contributed by atoms with E-state index >= 15 is 0 Å². The number of carbonyl (C=O) groups is 2. The molecule has 0 atom stereocenters. The fourth-order valence-electron chi connectivity index (χ4n) is 4.36. The molecule has 0 spiro atoms. The summed E-state index contributed by atoms with van der Waals surface area (Å²) >= 11 is 0. The third-order valence-corrected chi connectivity index (χ3v) is 5.90. The van der Waals surface area contributed by atoms with E-state index in [2.05, 4.69) is 34.5 Å². The molecule has 0 bridgehead atoms. The number of alkyl carbamates (subject to hydrolysis) is 1. The number of carboxylic acid groups (broad SMARTS) is 1. The van der Waals surface area contributed by atoms with Gasteiger partial charge in [-0.25, -0.2) is 4.79 Å². The molecule has 0 radical (unpaired) electrons. The van der Waals surface area contributed by atoms with Crippen LogP contribution >= 0.6 is 0 Å². The fourth-order valence-corrected chi connectivity index (χ4v) is 4.36. The van der Waals surface area contributed by atoms with Gasteiger partial charge in [0.05, 0.1) is 6.42 Å². The van der Waals surface area contributed by atoms with E-state index in [1.165, 1.54) is 22.3 Å². The molecule has 4 rings (SSSR count). The fraction of sp³-hybridized carbons (Fsp3) is 0.391. The lowest BCUT2D eigenvalue weighted by atomic mass is 9.98. The molecule has 0 saturated carbocycles. The first-order valence-electron chi connectivity index (χ1n) is 10.2. The third kappa shape index (κ3) is 4.43. The second-order valence-electron chi connectivity index (χ2n) is 7.73. The number of carboxylic acids is 1. The SMILES string of the molecule is O=C(O)CCN1CCC(NC(=O)OCC2c3ccccc3-c3ccccc32)CC1. The van der Waals surface area contributed by atoms with Crippen molar-refractivity contribution in [1.29, 1.82) is 0 Å². The van der Waals surface area contributed by atoms with E-state index in [0.29, 0.717) is 13.2 Å². The van der Waals surface area contributed by atoms with Crippen molar-refractivity contribution >= 4 is 12.1 Å². The van der Waals surface area contributed by atoms with Crippen LogP contribution in [0.15, 0.2) is 48.5 Å².